The zero-order chi connectivity index (χ0) is 17.4. The van der Waals surface area contributed by atoms with Crippen LogP contribution in [0.3, 0.4) is 0 Å². The average Bonchev–Trinajstić information content (AvgIpc) is 2.40. The van der Waals surface area contributed by atoms with Crippen molar-refractivity contribution in [3.05, 3.63) is 0 Å². The molecule has 0 aliphatic heterocycles. The quantitative estimate of drug-likeness (QED) is 0.116. The Bertz CT molecular complexity index is 191. The van der Waals surface area contributed by atoms with Crippen LogP contribution in [0.15, 0.2) is 0 Å². The summed E-state index contributed by atoms with van der Waals surface area (Å²) in [4.78, 5) is 0. The molecule has 24 heavy (non-hydrogen) atoms. The van der Waals surface area contributed by atoms with E-state index in [0.29, 0.717) is 76.9 Å². The van der Waals surface area contributed by atoms with Gasteiger partial charge in [0.05, 0.1) is 0 Å². The molecule has 0 heterocycles. The van der Waals surface area contributed by atoms with Crippen LogP contribution in [-0.2, 0) is 6.13 Å². The van der Waals surface area contributed by atoms with Crippen molar-refractivity contribution in [3.63, 3.8) is 0 Å². The first-order valence-corrected chi connectivity index (χ1v) is 35.7. The van der Waals surface area contributed by atoms with Gasteiger partial charge in [-0.2, -0.15) is 0 Å². The van der Waals surface area contributed by atoms with E-state index < -0.39 is 29.7 Å². The summed E-state index contributed by atoms with van der Waals surface area (Å²) in [6, 6.07) is 0. The van der Waals surface area contributed by atoms with E-state index in [1.54, 1.807) is 0 Å². The molecule has 0 rings (SSSR count). The maximum atomic E-state index is 5.55. The molecule has 0 radical (unpaired) electrons. The Hall–Kier alpha value is 5.00. The van der Waals surface area contributed by atoms with Gasteiger partial charge in [-0.25, -0.2) is 0 Å². The van der Waals surface area contributed by atoms with Gasteiger partial charge in [0.15, 0.2) is 0 Å². The molecule has 0 fully saturated rings. The van der Waals surface area contributed by atoms with E-state index in [9.17, 15) is 0 Å². The van der Waals surface area contributed by atoms with Gasteiger partial charge in [-0.1, -0.05) is 14.9 Å². The van der Waals surface area contributed by atoms with E-state index in [1.165, 1.54) is 8.86 Å². The normalized spacial score (nSPS) is 14.2. The van der Waals surface area contributed by atoms with Gasteiger partial charge in [0.25, 0.3) is 0 Å². The van der Waals surface area contributed by atoms with Crippen molar-refractivity contribution in [1.82, 2.24) is 0 Å². The first-order valence-electron chi connectivity index (χ1n) is 6.90. The predicted molar refractivity (Wildman–Crippen MR) is 123 cm³/mol. The summed E-state index contributed by atoms with van der Waals surface area (Å²) in [6.07, 6.45) is 0. The number of hydrogen-bond donors (Lipinski definition) is 2. The second-order valence-corrected chi connectivity index (χ2v) is 53.7. The first kappa shape index (κ1) is 36.4. The molecule has 2 unspecified atom stereocenters. The summed E-state index contributed by atoms with van der Waals surface area (Å²) in [5, 5.41) is 0. The van der Waals surface area contributed by atoms with E-state index in [2.05, 4.69) is 61.1 Å². The Kier molecular flexibility index (Phi) is 42.4. The Balaban J connectivity index is -0.000000154. The van der Waals surface area contributed by atoms with Crippen molar-refractivity contribution in [1.29, 1.82) is 0 Å². The summed E-state index contributed by atoms with van der Waals surface area (Å²) < 4.78 is 16.0. The number of halogens is 6. The molecule has 0 aromatic carbocycles. The van der Waals surface area contributed by atoms with Crippen LogP contribution in [0.1, 0.15) is 56.4 Å². The summed E-state index contributed by atoms with van der Waals surface area (Å²) in [5.74, 6) is 0. The molecule has 2 atom stereocenters. The van der Waals surface area contributed by atoms with Gasteiger partial charge in [-0.05, 0) is 0 Å². The fourth-order valence-electron chi connectivity index (χ4n) is 0.891. The zero-order valence-corrected chi connectivity index (χ0v) is 28.7. The second kappa shape index (κ2) is 28.0. The van der Waals surface area contributed by atoms with Crippen molar-refractivity contribution in [2.45, 2.75) is 60.3 Å². The Morgan fingerprint density at radius 3 is 1.25 bits per heavy atom. The topological polar surface area (TPSA) is 18.5 Å². The monoisotopic (exact) mass is 1060 g/mol. The summed E-state index contributed by atoms with van der Waals surface area (Å²) in [5.41, 5.74) is 0. The Morgan fingerprint density at radius 1 is 0.750 bits per heavy atom. The van der Waals surface area contributed by atoms with Crippen LogP contribution in [0.25, 0.3) is 0 Å². The van der Waals surface area contributed by atoms with Gasteiger partial charge in [-0.3, -0.25) is 0 Å². The van der Waals surface area contributed by atoms with Crippen LogP contribution in [-0.4, -0.2) is 25.9 Å². The van der Waals surface area contributed by atoms with Gasteiger partial charge >= 0.3 is 200 Å². The fourth-order valence-corrected chi connectivity index (χ4v) is 74.4. The molecule has 2 nitrogen and oxygen atoms in total. The van der Waals surface area contributed by atoms with E-state index in [-0.39, 0.29) is 14.9 Å². The number of hydrogen-bond acceptors (Lipinski definition) is 4. The van der Waals surface area contributed by atoms with Crippen molar-refractivity contribution in [2.75, 3.05) is 22.1 Å². The molecule has 0 aliphatic carbocycles. The van der Waals surface area contributed by atoms with E-state index in [0.717, 1.165) is 17.1 Å². The molecule has 0 aromatic rings. The molecule has 0 spiro atoms. The minimum atomic E-state index is -1.12. The molecular formula is C14H38I6O2S2-4. The average molecular weight is 1060 g/mol. The summed E-state index contributed by atoms with van der Waals surface area (Å²) >= 11 is -0.609. The predicted octanol–water partition coefficient (Wildman–Crippen LogP) is -5.23. The number of thiol groups is 2. The fraction of sp³-hybridized carbons (Fsp3) is 1.00. The van der Waals surface area contributed by atoms with Gasteiger partial charge < -0.3 is 0 Å². The molecule has 0 aliphatic rings. The van der Waals surface area contributed by atoms with Crippen LogP contribution >= 0.6 is 49.3 Å². The van der Waals surface area contributed by atoms with Crippen molar-refractivity contribution in [2.24, 2.45) is 0 Å². The summed E-state index contributed by atoms with van der Waals surface area (Å²) in [7, 11) is 9.09. The van der Waals surface area contributed by atoms with Gasteiger partial charge in [0.1, 0.15) is 0 Å². The number of rotatable bonds is 12. The van der Waals surface area contributed by atoms with E-state index in [4.69, 9.17) is 6.13 Å². The zero-order valence-electron chi connectivity index (χ0n) is 14.0. The van der Waals surface area contributed by atoms with Crippen LogP contribution in [0.2, 0.25) is 0 Å². The van der Waals surface area contributed by atoms with E-state index >= 15 is 0 Å². The molecule has 164 valence electrons. The SMILES string of the molecule is C.C.CCOI(S)[I-]C(C)[I-]CC.CCOI(S)[I-]C(C)[I-]CC. The molecule has 0 aromatic heterocycles. The molecule has 0 amide bonds. The third kappa shape index (κ3) is 29.2. The third-order valence-corrected chi connectivity index (χ3v) is 55.8. The van der Waals surface area contributed by atoms with Crippen LogP contribution in [0, 0.1) is 0 Å². The van der Waals surface area contributed by atoms with Gasteiger partial charge in [0.2, 0.25) is 0 Å². The van der Waals surface area contributed by atoms with Crippen molar-refractivity contribution >= 4 is 49.3 Å². The van der Waals surface area contributed by atoms with Crippen molar-refractivity contribution < 1.29 is 83.0 Å². The van der Waals surface area contributed by atoms with Crippen LogP contribution < -0.4 is 76.9 Å². The molecule has 0 saturated carbocycles. The van der Waals surface area contributed by atoms with Gasteiger partial charge in [-0.15, -0.1) is 0 Å². The summed E-state index contributed by atoms with van der Waals surface area (Å²) in [6.45, 7) is 15.3. The van der Waals surface area contributed by atoms with Crippen molar-refractivity contribution in [3.8, 4) is 0 Å². The molecule has 0 bridgehead atoms. The maximum absolute atomic E-state index is 5.55. The molecular weight excluding hydrogens is 1030 g/mol. The first-order chi connectivity index (χ1) is 10.4. The second-order valence-electron chi connectivity index (χ2n) is 3.22. The Labute approximate surface area is 210 Å². The standard InChI is InChI=1S/2C6H15I3OS.2CH4/c2*1-4-7-6(3)8-9(11)10-5-2;;/h2*6,11H,4-5H2,1-3H3;2*1H4/q2*-2;;. The molecule has 10 heteroatoms. The molecule has 0 saturated heterocycles. The molecule has 0 N–H and O–H groups in total. The minimum absolute atomic E-state index is 0. The Morgan fingerprint density at radius 2 is 1.04 bits per heavy atom. The van der Waals surface area contributed by atoms with Crippen LogP contribution in [0.5, 0.6) is 0 Å². The van der Waals surface area contributed by atoms with Gasteiger partial charge in [0, 0.05) is 0 Å². The van der Waals surface area contributed by atoms with E-state index in [1.807, 2.05) is 0 Å². The van der Waals surface area contributed by atoms with Crippen LogP contribution in [0.4, 0.5) is 0 Å². The third-order valence-electron chi connectivity index (χ3n) is 1.50. The number of alkyl halides is 6.